The quantitative estimate of drug-likeness (QED) is 0.615. The molecule has 32 heavy (non-hydrogen) atoms. The first-order valence-corrected chi connectivity index (χ1v) is 11.7. The van der Waals surface area contributed by atoms with Gasteiger partial charge in [0, 0.05) is 24.7 Å². The van der Waals surface area contributed by atoms with E-state index in [1.165, 1.54) is 42.4 Å². The maximum Gasteiger partial charge on any atom is 0.227 e. The van der Waals surface area contributed by atoms with Crippen LogP contribution in [0.1, 0.15) is 48.3 Å². The van der Waals surface area contributed by atoms with Crippen LogP contribution < -0.4 is 15.8 Å². The van der Waals surface area contributed by atoms with E-state index in [4.69, 9.17) is 15.5 Å². The molecule has 2 aromatic carbocycles. The Kier molecular flexibility index (Phi) is 5.98. The van der Waals surface area contributed by atoms with E-state index < -0.39 is 0 Å². The molecule has 0 amide bonds. The lowest BCUT2D eigenvalue weighted by molar-refractivity contribution is 0.312. The zero-order valence-electron chi connectivity index (χ0n) is 19.1. The Bertz CT molecular complexity index is 1110. The van der Waals surface area contributed by atoms with Crippen molar-refractivity contribution in [1.29, 1.82) is 0 Å². The Morgan fingerprint density at radius 3 is 2.75 bits per heavy atom. The maximum absolute atomic E-state index is 5.87. The minimum absolute atomic E-state index is 0.601. The predicted octanol–water partition coefficient (Wildman–Crippen LogP) is 4.60. The molecule has 3 N–H and O–H groups in total. The lowest BCUT2D eigenvalue weighted by Gasteiger charge is -2.28. The number of benzene rings is 2. The second-order valence-corrected chi connectivity index (χ2v) is 9.40. The number of nitrogens with zero attached hydrogens (tertiary/aromatic N) is 3. The summed E-state index contributed by atoms with van der Waals surface area (Å²) in [5.41, 5.74) is 11.8. The Morgan fingerprint density at radius 2 is 1.97 bits per heavy atom. The zero-order chi connectivity index (χ0) is 22.1. The number of hydrogen-bond acceptors (Lipinski definition) is 6. The smallest absolute Gasteiger partial charge is 0.227 e. The van der Waals surface area contributed by atoms with Crippen molar-refractivity contribution < 1.29 is 4.74 Å². The van der Waals surface area contributed by atoms with E-state index in [1.54, 1.807) is 7.11 Å². The number of aromatic nitrogens is 2. The number of rotatable bonds is 5. The van der Waals surface area contributed by atoms with Gasteiger partial charge in [0.15, 0.2) is 0 Å². The summed E-state index contributed by atoms with van der Waals surface area (Å²) in [6.07, 6.45) is 7.82. The number of fused-ring (bicyclic) bond motifs is 2. The van der Waals surface area contributed by atoms with Crippen molar-refractivity contribution in [2.24, 2.45) is 11.7 Å². The van der Waals surface area contributed by atoms with Crippen LogP contribution in [-0.2, 0) is 13.0 Å². The van der Waals surface area contributed by atoms with Crippen LogP contribution in [0.25, 0.3) is 10.9 Å². The molecule has 1 saturated carbocycles. The van der Waals surface area contributed by atoms with Gasteiger partial charge < -0.3 is 20.7 Å². The minimum atomic E-state index is 0.601. The van der Waals surface area contributed by atoms with Crippen molar-refractivity contribution in [1.82, 2.24) is 14.9 Å². The van der Waals surface area contributed by atoms with Crippen molar-refractivity contribution in [3.05, 3.63) is 53.2 Å². The Balaban J connectivity index is 1.41. The number of hydrogen-bond donors (Lipinski definition) is 2. The Labute approximate surface area is 190 Å². The molecule has 0 saturated heterocycles. The van der Waals surface area contributed by atoms with Gasteiger partial charge in [0.1, 0.15) is 5.75 Å². The largest absolute Gasteiger partial charge is 0.495 e. The van der Waals surface area contributed by atoms with Crippen molar-refractivity contribution in [3.63, 3.8) is 0 Å². The monoisotopic (exact) mass is 431 g/mol. The van der Waals surface area contributed by atoms with E-state index in [0.29, 0.717) is 17.8 Å². The van der Waals surface area contributed by atoms with Gasteiger partial charge in [-0.1, -0.05) is 12.1 Å². The summed E-state index contributed by atoms with van der Waals surface area (Å²) in [4.78, 5) is 11.8. The summed E-state index contributed by atoms with van der Waals surface area (Å²) in [5.74, 6) is 2.73. The first-order chi connectivity index (χ1) is 15.6. The third kappa shape index (κ3) is 4.30. The third-order valence-corrected chi connectivity index (χ3v) is 7.23. The summed E-state index contributed by atoms with van der Waals surface area (Å²) >= 11 is 0. The highest BCUT2D eigenvalue weighted by atomic mass is 16.5. The van der Waals surface area contributed by atoms with E-state index in [0.717, 1.165) is 48.4 Å². The van der Waals surface area contributed by atoms with Gasteiger partial charge in [-0.15, -0.1) is 0 Å². The molecule has 5 rings (SSSR count). The average molecular weight is 432 g/mol. The van der Waals surface area contributed by atoms with Crippen LogP contribution in [-0.4, -0.2) is 42.1 Å². The second kappa shape index (κ2) is 9.04. The van der Waals surface area contributed by atoms with Crippen molar-refractivity contribution in [3.8, 4) is 5.75 Å². The van der Waals surface area contributed by atoms with E-state index in [2.05, 4.69) is 52.6 Å². The third-order valence-electron chi connectivity index (χ3n) is 7.23. The van der Waals surface area contributed by atoms with Crippen LogP contribution in [0.4, 0.5) is 11.6 Å². The topological polar surface area (TPSA) is 76.3 Å². The maximum atomic E-state index is 5.87. The van der Waals surface area contributed by atoms with Gasteiger partial charge in [0.05, 0.1) is 18.3 Å². The van der Waals surface area contributed by atoms with Gasteiger partial charge in [0.2, 0.25) is 5.95 Å². The second-order valence-electron chi connectivity index (χ2n) is 9.40. The Hall–Kier alpha value is -2.70. The average Bonchev–Trinajstić information content (AvgIpc) is 2.83. The molecule has 6 nitrogen and oxygen atoms in total. The van der Waals surface area contributed by atoms with Crippen LogP contribution in [0.5, 0.6) is 5.75 Å². The van der Waals surface area contributed by atoms with Crippen molar-refractivity contribution >= 4 is 22.5 Å². The highest BCUT2D eigenvalue weighted by Gasteiger charge is 2.22. The predicted molar refractivity (Wildman–Crippen MR) is 130 cm³/mol. The fourth-order valence-electron chi connectivity index (χ4n) is 5.20. The molecule has 0 unspecified atom stereocenters. The standard InChI is InChI=1S/C26H33N5O/c1-31-10-9-20-13-25(32-2)24(12-22(20)16-31)30-26-28-15-21-8-7-19(11-23(21)29-26)18-5-3-17(14-27)4-6-18/h7-8,11-13,15,17-18H,3-6,9-10,14,16,27H2,1-2H3,(H,28,29,30)/t17-,18-. The normalized spacial score (nSPS) is 21.3. The molecule has 1 fully saturated rings. The summed E-state index contributed by atoms with van der Waals surface area (Å²) in [5, 5.41) is 4.48. The number of anilines is 2. The molecule has 6 heteroatoms. The van der Waals surface area contributed by atoms with Crippen LogP contribution in [0, 0.1) is 5.92 Å². The SMILES string of the molecule is COc1cc2c(cc1Nc1ncc3ccc([C@H]4CC[C@H](CN)CC4)cc3n1)CN(C)CC2. The molecule has 0 bridgehead atoms. The van der Waals surface area contributed by atoms with Crippen LogP contribution in [0.3, 0.4) is 0 Å². The van der Waals surface area contributed by atoms with Gasteiger partial charge in [-0.25, -0.2) is 9.97 Å². The van der Waals surface area contributed by atoms with Gasteiger partial charge >= 0.3 is 0 Å². The zero-order valence-corrected chi connectivity index (χ0v) is 19.1. The lowest BCUT2D eigenvalue weighted by atomic mass is 9.78. The molecule has 1 aliphatic carbocycles. The van der Waals surface area contributed by atoms with Gasteiger partial charge in [0.25, 0.3) is 0 Å². The molecular formula is C26H33N5O. The molecule has 2 aliphatic rings. The van der Waals surface area contributed by atoms with Gasteiger partial charge in [-0.05, 0) is 92.4 Å². The molecule has 1 aromatic heterocycles. The molecule has 0 radical (unpaired) electrons. The van der Waals surface area contributed by atoms with Crippen molar-refractivity contribution in [2.75, 3.05) is 32.6 Å². The summed E-state index contributed by atoms with van der Waals surface area (Å²) in [6, 6.07) is 11.0. The van der Waals surface area contributed by atoms with Crippen LogP contribution >= 0.6 is 0 Å². The first-order valence-electron chi connectivity index (χ1n) is 11.7. The number of ether oxygens (including phenoxy) is 1. The number of likely N-dealkylation sites (N-methyl/N-ethyl adjacent to an activating group) is 1. The summed E-state index contributed by atoms with van der Waals surface area (Å²) in [6.45, 7) is 2.84. The van der Waals surface area contributed by atoms with Gasteiger partial charge in [-0.3, -0.25) is 0 Å². The van der Waals surface area contributed by atoms with Crippen LogP contribution in [0.2, 0.25) is 0 Å². The van der Waals surface area contributed by atoms with E-state index in [-0.39, 0.29) is 0 Å². The molecule has 168 valence electrons. The van der Waals surface area contributed by atoms with Gasteiger partial charge in [-0.2, -0.15) is 0 Å². The number of methoxy groups -OCH3 is 1. The first kappa shape index (κ1) is 21.2. The molecular weight excluding hydrogens is 398 g/mol. The molecule has 3 aromatic rings. The summed E-state index contributed by atoms with van der Waals surface area (Å²) < 4.78 is 5.67. The van der Waals surface area contributed by atoms with Crippen LogP contribution in [0.15, 0.2) is 36.5 Å². The molecule has 0 spiro atoms. The fraction of sp³-hybridized carbons (Fsp3) is 0.462. The highest BCUT2D eigenvalue weighted by Crippen LogP contribution is 2.37. The highest BCUT2D eigenvalue weighted by molar-refractivity contribution is 5.80. The number of nitrogens with one attached hydrogen (secondary N) is 1. The molecule has 0 atom stereocenters. The number of nitrogens with two attached hydrogens (primary N) is 1. The lowest BCUT2D eigenvalue weighted by Crippen LogP contribution is -2.26. The van der Waals surface area contributed by atoms with E-state index in [1.807, 2.05) is 6.20 Å². The summed E-state index contributed by atoms with van der Waals surface area (Å²) in [7, 11) is 3.88. The molecule has 1 aliphatic heterocycles. The Morgan fingerprint density at radius 1 is 1.12 bits per heavy atom. The fourth-order valence-corrected chi connectivity index (χ4v) is 5.20. The minimum Gasteiger partial charge on any atom is -0.495 e. The van der Waals surface area contributed by atoms with E-state index in [9.17, 15) is 0 Å². The molecule has 2 heterocycles. The van der Waals surface area contributed by atoms with Crippen molar-refractivity contribution in [2.45, 2.75) is 44.6 Å². The van der Waals surface area contributed by atoms with E-state index >= 15 is 0 Å².